The van der Waals surface area contributed by atoms with E-state index in [2.05, 4.69) is 79.5 Å². The Balaban J connectivity index is 2.21. The average Bonchev–Trinajstić information content (AvgIpc) is 3.02. The molecule has 0 amide bonds. The van der Waals surface area contributed by atoms with Crippen LogP contribution in [0.5, 0.6) is 0 Å². The van der Waals surface area contributed by atoms with Crippen LogP contribution in [0.15, 0.2) is 36.4 Å². The second-order valence-corrected chi connectivity index (χ2v) is 7.56. The van der Waals surface area contributed by atoms with Crippen LogP contribution in [0.1, 0.15) is 58.1 Å². The van der Waals surface area contributed by atoms with Gasteiger partial charge in [0.15, 0.2) is 0 Å². The van der Waals surface area contributed by atoms with E-state index in [0.29, 0.717) is 0 Å². The first-order chi connectivity index (χ1) is 11.5. The number of unbranched alkanes of at least 4 members (excludes halogenated alkanes) is 2. The number of hydrogen-bond acceptors (Lipinski definition) is 2. The zero-order valence-electron chi connectivity index (χ0n) is 15.2. The Morgan fingerprint density at radius 2 is 1.79 bits per heavy atom. The largest absolute Gasteiger partial charge is 0.258 e. The van der Waals surface area contributed by atoms with Crippen LogP contribution in [0.2, 0.25) is 0 Å². The number of aryl methyl sites for hydroxylation is 1. The molecule has 0 aliphatic carbocycles. The summed E-state index contributed by atoms with van der Waals surface area (Å²) in [6, 6.07) is 13.1. The molecule has 3 aromatic rings. The van der Waals surface area contributed by atoms with Gasteiger partial charge in [-0.2, -0.15) is 0 Å². The first kappa shape index (κ1) is 16.7. The number of nitrogens with zero attached hydrogens (tertiary/aromatic N) is 2. The van der Waals surface area contributed by atoms with Gasteiger partial charge < -0.3 is 0 Å². The molecular formula is C21H27N3. The lowest BCUT2D eigenvalue weighted by Gasteiger charge is -2.24. The average molecular weight is 321 g/mol. The van der Waals surface area contributed by atoms with E-state index in [4.69, 9.17) is 0 Å². The van der Waals surface area contributed by atoms with Gasteiger partial charge in [-0.15, -0.1) is 5.10 Å². The first-order valence-corrected chi connectivity index (χ1v) is 8.95. The van der Waals surface area contributed by atoms with Gasteiger partial charge in [0.2, 0.25) is 0 Å². The van der Waals surface area contributed by atoms with Crippen LogP contribution in [0.25, 0.3) is 22.2 Å². The highest BCUT2D eigenvalue weighted by molar-refractivity contribution is 5.94. The molecule has 0 radical (unpaired) electrons. The Kier molecular flexibility index (Phi) is 4.70. The van der Waals surface area contributed by atoms with E-state index >= 15 is 0 Å². The van der Waals surface area contributed by atoms with Crippen molar-refractivity contribution in [3.63, 3.8) is 0 Å². The zero-order valence-corrected chi connectivity index (χ0v) is 15.2. The fourth-order valence-electron chi connectivity index (χ4n) is 3.39. The van der Waals surface area contributed by atoms with E-state index in [1.165, 1.54) is 41.5 Å². The molecule has 24 heavy (non-hydrogen) atoms. The summed E-state index contributed by atoms with van der Waals surface area (Å²) in [7, 11) is 0. The molecule has 0 unspecified atom stereocenters. The highest BCUT2D eigenvalue weighted by Crippen LogP contribution is 2.38. The van der Waals surface area contributed by atoms with E-state index < -0.39 is 0 Å². The highest BCUT2D eigenvalue weighted by Gasteiger charge is 2.22. The molecule has 0 fully saturated rings. The number of H-pyrrole nitrogens is 1. The molecule has 3 rings (SSSR count). The van der Waals surface area contributed by atoms with Crippen molar-refractivity contribution in [1.29, 1.82) is 0 Å². The lowest BCUT2D eigenvalue weighted by Crippen LogP contribution is -2.13. The molecule has 0 aliphatic rings. The van der Waals surface area contributed by atoms with E-state index in [1.54, 1.807) is 0 Å². The van der Waals surface area contributed by atoms with Gasteiger partial charge in [0.25, 0.3) is 0 Å². The zero-order chi connectivity index (χ0) is 17.2. The smallest absolute Gasteiger partial charge is 0.121 e. The van der Waals surface area contributed by atoms with Crippen LogP contribution in [0.4, 0.5) is 0 Å². The summed E-state index contributed by atoms with van der Waals surface area (Å²) in [4.78, 5) is 0. The molecule has 0 aliphatic heterocycles. The third kappa shape index (κ3) is 3.21. The second-order valence-electron chi connectivity index (χ2n) is 7.56. The van der Waals surface area contributed by atoms with Crippen molar-refractivity contribution in [3.8, 4) is 11.1 Å². The fraction of sp³-hybridized carbons (Fsp3) is 0.429. The van der Waals surface area contributed by atoms with E-state index in [0.717, 1.165) is 17.5 Å². The number of rotatable bonds is 5. The lowest BCUT2D eigenvalue weighted by atomic mass is 9.80. The lowest BCUT2D eigenvalue weighted by molar-refractivity contribution is 0.592. The molecule has 0 saturated heterocycles. The Bertz CT molecular complexity index is 824. The predicted octanol–water partition coefficient (Wildman–Crippen LogP) is 5.66. The third-order valence-corrected chi connectivity index (χ3v) is 4.64. The molecule has 1 N–H and O–H groups in total. The Morgan fingerprint density at radius 1 is 1.00 bits per heavy atom. The number of aromatic amines is 1. The highest BCUT2D eigenvalue weighted by atomic mass is 15.3. The molecule has 3 nitrogen and oxygen atoms in total. The van der Waals surface area contributed by atoms with Crippen molar-refractivity contribution in [2.45, 2.75) is 58.8 Å². The summed E-state index contributed by atoms with van der Waals surface area (Å²) >= 11 is 0. The van der Waals surface area contributed by atoms with Crippen LogP contribution in [-0.4, -0.2) is 15.4 Å². The van der Waals surface area contributed by atoms with Gasteiger partial charge in [-0.25, -0.2) is 0 Å². The van der Waals surface area contributed by atoms with Crippen LogP contribution in [0.3, 0.4) is 0 Å². The summed E-state index contributed by atoms with van der Waals surface area (Å²) in [5.41, 5.74) is 7.36. The van der Waals surface area contributed by atoms with Crippen molar-refractivity contribution in [3.05, 3.63) is 47.5 Å². The molecule has 3 heteroatoms. The summed E-state index contributed by atoms with van der Waals surface area (Å²) in [6.07, 6.45) is 4.80. The molecule has 0 atom stereocenters. The monoisotopic (exact) mass is 321 g/mol. The Hall–Kier alpha value is -2.16. The molecule has 1 heterocycles. The van der Waals surface area contributed by atoms with Crippen LogP contribution >= 0.6 is 0 Å². The number of benzene rings is 2. The maximum atomic E-state index is 4.40. The van der Waals surface area contributed by atoms with Gasteiger partial charge in [-0.05, 0) is 41.0 Å². The predicted molar refractivity (Wildman–Crippen MR) is 101 cm³/mol. The van der Waals surface area contributed by atoms with Crippen LogP contribution < -0.4 is 0 Å². The Labute approximate surface area is 144 Å². The number of fused-ring (bicyclic) bond motifs is 1. The Morgan fingerprint density at radius 3 is 2.54 bits per heavy atom. The molecule has 0 spiro atoms. The first-order valence-electron chi connectivity index (χ1n) is 8.95. The minimum Gasteiger partial charge on any atom is -0.258 e. The van der Waals surface area contributed by atoms with Crippen molar-refractivity contribution in [1.82, 2.24) is 15.4 Å². The quantitative estimate of drug-likeness (QED) is 0.616. The van der Waals surface area contributed by atoms with Gasteiger partial charge in [-0.3, -0.25) is 5.10 Å². The van der Waals surface area contributed by atoms with Crippen molar-refractivity contribution < 1.29 is 0 Å². The summed E-state index contributed by atoms with van der Waals surface area (Å²) in [6.45, 7) is 9.05. The van der Waals surface area contributed by atoms with Crippen molar-refractivity contribution in [2.75, 3.05) is 0 Å². The van der Waals surface area contributed by atoms with E-state index in [-0.39, 0.29) is 5.41 Å². The molecular weight excluding hydrogens is 294 g/mol. The minimum absolute atomic E-state index is 0.0865. The fourth-order valence-corrected chi connectivity index (χ4v) is 3.39. The number of nitrogens with one attached hydrogen (secondary N) is 1. The second kappa shape index (κ2) is 6.76. The summed E-state index contributed by atoms with van der Waals surface area (Å²) in [5, 5.41) is 11.5. The van der Waals surface area contributed by atoms with Gasteiger partial charge in [0.05, 0.1) is 5.52 Å². The van der Waals surface area contributed by atoms with Crippen LogP contribution in [0, 0.1) is 0 Å². The maximum Gasteiger partial charge on any atom is 0.121 e. The minimum atomic E-state index is 0.0865. The molecule has 126 valence electrons. The van der Waals surface area contributed by atoms with Gasteiger partial charge in [0.1, 0.15) is 5.52 Å². The van der Waals surface area contributed by atoms with Crippen molar-refractivity contribution in [2.24, 2.45) is 0 Å². The molecule has 1 aromatic heterocycles. The molecule has 2 aromatic carbocycles. The van der Waals surface area contributed by atoms with Gasteiger partial charge in [-0.1, -0.05) is 76.1 Å². The normalized spacial score (nSPS) is 12.0. The number of hydrogen-bond donors (Lipinski definition) is 1. The van der Waals surface area contributed by atoms with Gasteiger partial charge >= 0.3 is 0 Å². The van der Waals surface area contributed by atoms with Crippen molar-refractivity contribution >= 4 is 11.0 Å². The van der Waals surface area contributed by atoms with E-state index in [9.17, 15) is 0 Å². The maximum absolute atomic E-state index is 4.40. The summed E-state index contributed by atoms with van der Waals surface area (Å²) < 4.78 is 0. The number of aromatic nitrogens is 3. The summed E-state index contributed by atoms with van der Waals surface area (Å²) in [5.74, 6) is 0. The third-order valence-electron chi connectivity index (χ3n) is 4.64. The topological polar surface area (TPSA) is 41.6 Å². The van der Waals surface area contributed by atoms with E-state index in [1.807, 2.05) is 0 Å². The SMILES string of the molecule is CCCCCc1ccc2[nH]nnc2c1-c1ccccc1C(C)(C)C. The molecule has 0 bridgehead atoms. The standard InChI is InChI=1S/C21H27N3/c1-5-6-7-10-15-13-14-18-20(23-24-22-18)19(15)16-11-8-9-12-17(16)21(2,3)4/h8-9,11-14H,5-7,10H2,1-4H3,(H,22,23,24). The van der Waals surface area contributed by atoms with Gasteiger partial charge in [0, 0.05) is 5.56 Å². The molecule has 0 saturated carbocycles. The van der Waals surface area contributed by atoms with Crippen LogP contribution in [-0.2, 0) is 11.8 Å².